The minimum atomic E-state index is -0.441. The molecule has 0 aliphatic heterocycles. The van der Waals surface area contributed by atoms with Crippen molar-refractivity contribution < 1.29 is 0 Å². The molecule has 10 aromatic rings. The van der Waals surface area contributed by atoms with Gasteiger partial charge in [-0.15, -0.1) is 0 Å². The van der Waals surface area contributed by atoms with Crippen molar-refractivity contribution in [2.24, 2.45) is 0 Å². The second-order valence-corrected chi connectivity index (χ2v) is 17.1. The molecule has 0 atom stereocenters. The van der Waals surface area contributed by atoms with Gasteiger partial charge < -0.3 is 0 Å². The molecule has 9 aromatic carbocycles. The smallest absolute Gasteiger partial charge is 0.164 e. The van der Waals surface area contributed by atoms with E-state index in [1.54, 1.807) is 0 Å². The molecular formula is C59H41N3. The summed E-state index contributed by atoms with van der Waals surface area (Å²) in [5, 5.41) is 2.26. The first kappa shape index (κ1) is 36.1. The van der Waals surface area contributed by atoms with Crippen LogP contribution in [0.4, 0.5) is 0 Å². The third kappa shape index (κ3) is 5.34. The highest BCUT2D eigenvalue weighted by Crippen LogP contribution is 2.62. The van der Waals surface area contributed by atoms with Crippen LogP contribution in [0.25, 0.3) is 78.3 Å². The fourth-order valence-corrected chi connectivity index (χ4v) is 10.6. The van der Waals surface area contributed by atoms with Gasteiger partial charge in [-0.2, -0.15) is 0 Å². The summed E-state index contributed by atoms with van der Waals surface area (Å²) in [7, 11) is 0. The summed E-state index contributed by atoms with van der Waals surface area (Å²) in [5.74, 6) is 1.93. The van der Waals surface area contributed by atoms with Crippen molar-refractivity contribution in [3.63, 3.8) is 0 Å². The molecule has 0 unspecified atom stereocenters. The molecule has 62 heavy (non-hydrogen) atoms. The number of nitrogens with zero attached hydrogens (tertiary/aromatic N) is 3. The van der Waals surface area contributed by atoms with Gasteiger partial charge in [0.25, 0.3) is 0 Å². The van der Waals surface area contributed by atoms with Gasteiger partial charge in [0.05, 0.1) is 5.41 Å². The van der Waals surface area contributed by atoms with Gasteiger partial charge in [0, 0.05) is 22.1 Å². The Kier molecular flexibility index (Phi) is 8.10. The number of aromatic nitrogens is 3. The molecule has 0 bridgehead atoms. The van der Waals surface area contributed by atoms with Crippen LogP contribution < -0.4 is 0 Å². The lowest BCUT2D eigenvalue weighted by atomic mass is 9.55. The Hall–Kier alpha value is -7.75. The van der Waals surface area contributed by atoms with E-state index >= 15 is 0 Å². The topological polar surface area (TPSA) is 38.7 Å². The lowest BCUT2D eigenvalue weighted by molar-refractivity contribution is 0.563. The van der Waals surface area contributed by atoms with Gasteiger partial charge in [-0.1, -0.05) is 214 Å². The Morgan fingerprint density at radius 2 is 0.694 bits per heavy atom. The first-order valence-electron chi connectivity index (χ1n) is 21.4. The summed E-state index contributed by atoms with van der Waals surface area (Å²) in [6.45, 7) is 4.75. The molecule has 0 radical (unpaired) electrons. The van der Waals surface area contributed by atoms with Gasteiger partial charge in [-0.05, 0) is 89.7 Å². The number of rotatable bonds is 5. The minimum Gasteiger partial charge on any atom is -0.208 e. The van der Waals surface area contributed by atoms with E-state index in [-0.39, 0.29) is 5.41 Å². The predicted molar refractivity (Wildman–Crippen MR) is 254 cm³/mol. The van der Waals surface area contributed by atoms with Gasteiger partial charge >= 0.3 is 0 Å². The van der Waals surface area contributed by atoms with Crippen molar-refractivity contribution in [3.8, 4) is 67.5 Å². The maximum absolute atomic E-state index is 5.21. The minimum absolute atomic E-state index is 0.141. The fourth-order valence-electron chi connectivity index (χ4n) is 10.6. The number of hydrogen-bond donors (Lipinski definition) is 0. The van der Waals surface area contributed by atoms with Crippen molar-refractivity contribution in [2.45, 2.75) is 24.7 Å². The van der Waals surface area contributed by atoms with E-state index in [1.807, 2.05) is 18.2 Å². The van der Waals surface area contributed by atoms with E-state index < -0.39 is 5.41 Å². The van der Waals surface area contributed by atoms with E-state index in [2.05, 4.69) is 208 Å². The Labute approximate surface area is 362 Å². The molecule has 0 fully saturated rings. The van der Waals surface area contributed by atoms with Gasteiger partial charge in [0.2, 0.25) is 0 Å². The Bertz CT molecular complexity index is 3320. The van der Waals surface area contributed by atoms with E-state index in [0.717, 1.165) is 33.0 Å². The summed E-state index contributed by atoms with van der Waals surface area (Å²) in [4.78, 5) is 15.4. The Balaban J connectivity index is 0.992. The van der Waals surface area contributed by atoms with E-state index in [4.69, 9.17) is 15.0 Å². The molecule has 292 valence electrons. The maximum atomic E-state index is 5.21. The second kappa shape index (κ2) is 13.9. The number of hydrogen-bond acceptors (Lipinski definition) is 3. The summed E-state index contributed by atoms with van der Waals surface area (Å²) in [5.41, 5.74) is 17.7. The van der Waals surface area contributed by atoms with Crippen molar-refractivity contribution in [2.75, 3.05) is 0 Å². The zero-order chi connectivity index (χ0) is 41.4. The highest BCUT2D eigenvalue weighted by Gasteiger charge is 2.53. The quantitative estimate of drug-likeness (QED) is 0.174. The Morgan fingerprint density at radius 3 is 1.34 bits per heavy atom. The maximum Gasteiger partial charge on any atom is 0.164 e. The SMILES string of the molecule is CC1(C)c2ccccc2C2(c3ccccc3-c3ccc(-c4ccc(-c5nc(-c6ccccc6)nc(-c6ccc(-c7ccccc7)c7ccccc67)n5)cc4)cc32)c2ccccc21. The van der Waals surface area contributed by atoms with Crippen LogP contribution in [0.2, 0.25) is 0 Å². The van der Waals surface area contributed by atoms with Crippen molar-refractivity contribution >= 4 is 10.8 Å². The van der Waals surface area contributed by atoms with Crippen LogP contribution in [0.15, 0.2) is 212 Å². The molecule has 0 amide bonds. The van der Waals surface area contributed by atoms with Gasteiger partial charge in [-0.3, -0.25) is 0 Å². The fraction of sp³-hybridized carbons (Fsp3) is 0.0678. The summed E-state index contributed by atoms with van der Waals surface area (Å²) in [6, 6.07) is 76.8. The van der Waals surface area contributed by atoms with Crippen LogP contribution in [0.1, 0.15) is 47.2 Å². The van der Waals surface area contributed by atoms with E-state index in [0.29, 0.717) is 17.5 Å². The molecule has 1 spiro atoms. The zero-order valence-electron chi connectivity index (χ0n) is 34.5. The monoisotopic (exact) mass is 791 g/mol. The molecule has 0 N–H and O–H groups in total. The van der Waals surface area contributed by atoms with E-state index in [1.165, 1.54) is 61.2 Å². The standard InChI is InChI=1S/C59H41N3/c1-58(2)50-25-13-15-27-52(50)59(53-28-16-14-26-51(53)58)49-24-12-11-23-46(49)47-34-33-42(37-54(47)59)38-29-31-41(32-30-38)56-60-55(40-19-7-4-8-20-40)61-57(62-56)48-36-35-43(39-17-5-3-6-18-39)44-21-9-10-22-45(44)48/h3-37H,1-2H3. The number of fused-ring (bicyclic) bond motifs is 10. The number of benzene rings is 9. The molecule has 1 aromatic heterocycles. The van der Waals surface area contributed by atoms with Gasteiger partial charge in [-0.25, -0.2) is 15.0 Å². The lowest BCUT2D eigenvalue weighted by Crippen LogP contribution is -2.40. The third-order valence-corrected chi connectivity index (χ3v) is 13.4. The molecule has 1 heterocycles. The van der Waals surface area contributed by atoms with Crippen molar-refractivity contribution in [1.29, 1.82) is 0 Å². The first-order valence-corrected chi connectivity index (χ1v) is 21.4. The highest BCUT2D eigenvalue weighted by molar-refractivity contribution is 6.04. The normalized spacial score (nSPS) is 13.9. The van der Waals surface area contributed by atoms with Crippen LogP contribution >= 0.6 is 0 Å². The average Bonchev–Trinajstić information content (AvgIpc) is 3.63. The summed E-state index contributed by atoms with van der Waals surface area (Å²) in [6.07, 6.45) is 0. The largest absolute Gasteiger partial charge is 0.208 e. The lowest BCUT2D eigenvalue weighted by Gasteiger charge is -2.46. The van der Waals surface area contributed by atoms with Gasteiger partial charge in [0.15, 0.2) is 17.5 Å². The van der Waals surface area contributed by atoms with E-state index in [9.17, 15) is 0 Å². The van der Waals surface area contributed by atoms with Crippen molar-refractivity contribution in [3.05, 3.63) is 246 Å². The average molecular weight is 792 g/mol. The van der Waals surface area contributed by atoms with Crippen molar-refractivity contribution in [1.82, 2.24) is 15.0 Å². The van der Waals surface area contributed by atoms with Crippen LogP contribution in [-0.2, 0) is 10.8 Å². The third-order valence-electron chi connectivity index (χ3n) is 13.4. The summed E-state index contributed by atoms with van der Waals surface area (Å²) >= 11 is 0. The molecule has 3 heteroatoms. The molecule has 3 nitrogen and oxygen atoms in total. The Morgan fingerprint density at radius 1 is 0.274 bits per heavy atom. The molecular weight excluding hydrogens is 751 g/mol. The zero-order valence-corrected chi connectivity index (χ0v) is 34.5. The molecule has 2 aliphatic rings. The highest BCUT2D eigenvalue weighted by atomic mass is 15.0. The van der Waals surface area contributed by atoms with Crippen LogP contribution in [-0.4, -0.2) is 15.0 Å². The molecule has 0 saturated heterocycles. The van der Waals surface area contributed by atoms with Crippen LogP contribution in [0, 0.1) is 0 Å². The molecule has 0 saturated carbocycles. The van der Waals surface area contributed by atoms with Gasteiger partial charge in [0.1, 0.15) is 0 Å². The van der Waals surface area contributed by atoms with Crippen LogP contribution in [0.5, 0.6) is 0 Å². The molecule has 2 aliphatic carbocycles. The first-order chi connectivity index (χ1) is 30.5. The second-order valence-electron chi connectivity index (χ2n) is 17.1. The molecule has 12 rings (SSSR count). The summed E-state index contributed by atoms with van der Waals surface area (Å²) < 4.78 is 0. The predicted octanol–water partition coefficient (Wildman–Crippen LogP) is 14.4. The van der Waals surface area contributed by atoms with Crippen LogP contribution in [0.3, 0.4) is 0 Å².